The van der Waals surface area contributed by atoms with Crippen LogP contribution in [0.1, 0.15) is 33.9 Å². The summed E-state index contributed by atoms with van der Waals surface area (Å²) in [5.41, 5.74) is 2.80. The molecule has 0 aliphatic heterocycles. The molecule has 7 heteroatoms. The van der Waals surface area contributed by atoms with Crippen LogP contribution in [0.3, 0.4) is 0 Å². The summed E-state index contributed by atoms with van der Waals surface area (Å²) in [6.45, 7) is 3.55. The average Bonchev–Trinajstić information content (AvgIpc) is 2.51. The SMILES string of the molecule is Cc1ncc(C(=O)Nc2cccc(CSCCC(=O)O)c2)c(C)n1. The molecule has 1 heterocycles. The zero-order valence-corrected chi connectivity index (χ0v) is 14.4. The van der Waals surface area contributed by atoms with Crippen molar-refractivity contribution in [1.82, 2.24) is 9.97 Å². The molecule has 24 heavy (non-hydrogen) atoms. The summed E-state index contributed by atoms with van der Waals surface area (Å²) in [6, 6.07) is 7.51. The Hall–Kier alpha value is -2.41. The van der Waals surface area contributed by atoms with E-state index >= 15 is 0 Å². The molecule has 1 aromatic heterocycles. The van der Waals surface area contributed by atoms with Crippen LogP contribution in [0.15, 0.2) is 30.5 Å². The summed E-state index contributed by atoms with van der Waals surface area (Å²) in [7, 11) is 0. The Morgan fingerprint density at radius 1 is 1.29 bits per heavy atom. The number of anilines is 1. The van der Waals surface area contributed by atoms with Gasteiger partial charge in [0, 0.05) is 23.4 Å². The van der Waals surface area contributed by atoms with E-state index < -0.39 is 5.97 Å². The number of carboxylic acid groups (broad SMARTS) is 1. The summed E-state index contributed by atoms with van der Waals surface area (Å²) in [4.78, 5) is 31.1. The van der Waals surface area contributed by atoms with Crippen LogP contribution >= 0.6 is 11.8 Å². The zero-order chi connectivity index (χ0) is 17.5. The Balaban J connectivity index is 1.98. The largest absolute Gasteiger partial charge is 0.481 e. The number of nitrogens with zero attached hydrogens (tertiary/aromatic N) is 2. The Labute approximate surface area is 144 Å². The van der Waals surface area contributed by atoms with E-state index in [0.29, 0.717) is 34.3 Å². The monoisotopic (exact) mass is 345 g/mol. The Bertz CT molecular complexity index is 750. The van der Waals surface area contributed by atoms with Gasteiger partial charge in [0.1, 0.15) is 5.82 Å². The van der Waals surface area contributed by atoms with E-state index in [1.165, 1.54) is 6.20 Å². The molecule has 0 spiro atoms. The van der Waals surface area contributed by atoms with E-state index in [-0.39, 0.29) is 12.3 Å². The van der Waals surface area contributed by atoms with Gasteiger partial charge >= 0.3 is 5.97 Å². The molecule has 126 valence electrons. The standard InChI is InChI=1S/C17H19N3O3S/c1-11-15(9-18-12(2)19-11)17(23)20-14-5-3-4-13(8-14)10-24-7-6-16(21)22/h3-5,8-9H,6-7,10H2,1-2H3,(H,20,23)(H,21,22). The van der Waals surface area contributed by atoms with Crippen molar-refractivity contribution in [3.8, 4) is 0 Å². The van der Waals surface area contributed by atoms with E-state index in [1.807, 2.05) is 24.3 Å². The minimum absolute atomic E-state index is 0.147. The number of aromatic nitrogens is 2. The summed E-state index contributed by atoms with van der Waals surface area (Å²) in [6.07, 6.45) is 1.67. The van der Waals surface area contributed by atoms with Crippen molar-refractivity contribution in [2.24, 2.45) is 0 Å². The number of benzene rings is 1. The molecule has 1 amide bonds. The lowest BCUT2D eigenvalue weighted by Gasteiger charge is -2.09. The van der Waals surface area contributed by atoms with Gasteiger partial charge in [-0.25, -0.2) is 9.97 Å². The normalized spacial score (nSPS) is 10.4. The third kappa shape index (κ3) is 5.34. The lowest BCUT2D eigenvalue weighted by molar-refractivity contribution is -0.136. The first-order valence-electron chi connectivity index (χ1n) is 7.46. The summed E-state index contributed by atoms with van der Waals surface area (Å²) >= 11 is 1.55. The molecule has 0 aliphatic carbocycles. The molecule has 0 radical (unpaired) electrons. The third-order valence-electron chi connectivity index (χ3n) is 3.26. The maximum Gasteiger partial charge on any atom is 0.304 e. The van der Waals surface area contributed by atoms with Gasteiger partial charge in [-0.05, 0) is 31.5 Å². The Morgan fingerprint density at radius 2 is 2.08 bits per heavy atom. The maximum absolute atomic E-state index is 12.3. The van der Waals surface area contributed by atoms with Crippen LogP contribution in [0.4, 0.5) is 5.69 Å². The first-order chi connectivity index (χ1) is 11.5. The second-order valence-electron chi connectivity index (χ2n) is 5.27. The van der Waals surface area contributed by atoms with Crippen molar-refractivity contribution in [2.45, 2.75) is 26.0 Å². The van der Waals surface area contributed by atoms with Gasteiger partial charge in [0.15, 0.2) is 0 Å². The number of rotatable bonds is 7. The smallest absolute Gasteiger partial charge is 0.304 e. The number of aliphatic carboxylic acids is 1. The molecule has 0 saturated carbocycles. The van der Waals surface area contributed by atoms with Crippen LogP contribution in [-0.4, -0.2) is 32.7 Å². The molecule has 2 aromatic rings. The number of carbonyl (C=O) groups is 2. The molecule has 0 bridgehead atoms. The van der Waals surface area contributed by atoms with Gasteiger partial charge in [-0.1, -0.05) is 12.1 Å². The second-order valence-corrected chi connectivity index (χ2v) is 6.37. The quantitative estimate of drug-likeness (QED) is 0.749. The lowest BCUT2D eigenvalue weighted by Crippen LogP contribution is -2.15. The van der Waals surface area contributed by atoms with Crippen LogP contribution in [0.5, 0.6) is 0 Å². The minimum atomic E-state index is -0.792. The number of amides is 1. The predicted octanol–water partition coefficient (Wildman–Crippen LogP) is 3.05. The van der Waals surface area contributed by atoms with Gasteiger partial charge in [-0.3, -0.25) is 9.59 Å². The highest BCUT2D eigenvalue weighted by Gasteiger charge is 2.11. The van der Waals surface area contributed by atoms with Gasteiger partial charge in [0.25, 0.3) is 5.91 Å². The molecule has 0 aliphatic rings. The number of hydrogen-bond donors (Lipinski definition) is 2. The van der Waals surface area contributed by atoms with Crippen molar-refractivity contribution in [1.29, 1.82) is 0 Å². The van der Waals surface area contributed by atoms with E-state index in [2.05, 4.69) is 15.3 Å². The predicted molar refractivity (Wildman–Crippen MR) is 94.3 cm³/mol. The lowest BCUT2D eigenvalue weighted by atomic mass is 10.2. The zero-order valence-electron chi connectivity index (χ0n) is 13.6. The van der Waals surface area contributed by atoms with Gasteiger partial charge in [0.05, 0.1) is 17.7 Å². The highest BCUT2D eigenvalue weighted by molar-refractivity contribution is 7.98. The number of carbonyl (C=O) groups excluding carboxylic acids is 1. The van der Waals surface area contributed by atoms with E-state index in [1.54, 1.807) is 25.6 Å². The maximum atomic E-state index is 12.3. The second kappa shape index (κ2) is 8.44. The molecule has 0 atom stereocenters. The van der Waals surface area contributed by atoms with Crippen LogP contribution < -0.4 is 5.32 Å². The fourth-order valence-electron chi connectivity index (χ4n) is 2.09. The summed E-state index contributed by atoms with van der Waals surface area (Å²) in [5, 5.41) is 11.5. The molecule has 0 fully saturated rings. The van der Waals surface area contributed by atoms with Gasteiger partial charge in [-0.2, -0.15) is 11.8 Å². The van der Waals surface area contributed by atoms with Crippen molar-refractivity contribution in [2.75, 3.05) is 11.1 Å². The van der Waals surface area contributed by atoms with Crippen LogP contribution in [-0.2, 0) is 10.5 Å². The van der Waals surface area contributed by atoms with E-state index in [0.717, 1.165) is 5.56 Å². The van der Waals surface area contributed by atoms with Gasteiger partial charge in [-0.15, -0.1) is 0 Å². The van der Waals surface area contributed by atoms with Gasteiger partial charge < -0.3 is 10.4 Å². The third-order valence-corrected chi connectivity index (χ3v) is 4.29. The first kappa shape index (κ1) is 17.9. The molecule has 0 unspecified atom stereocenters. The number of hydrogen-bond acceptors (Lipinski definition) is 5. The molecule has 2 rings (SSSR count). The molecule has 2 N–H and O–H groups in total. The summed E-state index contributed by atoms with van der Waals surface area (Å²) in [5.74, 6) is 0.849. The highest BCUT2D eigenvalue weighted by Crippen LogP contribution is 2.18. The Morgan fingerprint density at radius 3 is 2.79 bits per heavy atom. The van der Waals surface area contributed by atoms with Crippen molar-refractivity contribution < 1.29 is 14.7 Å². The number of carboxylic acids is 1. The molecule has 1 aromatic carbocycles. The fraction of sp³-hybridized carbons (Fsp3) is 0.294. The topological polar surface area (TPSA) is 92.2 Å². The van der Waals surface area contributed by atoms with Crippen molar-refractivity contribution >= 4 is 29.3 Å². The van der Waals surface area contributed by atoms with Crippen LogP contribution in [0, 0.1) is 13.8 Å². The number of nitrogens with one attached hydrogen (secondary N) is 1. The molecular weight excluding hydrogens is 326 g/mol. The van der Waals surface area contributed by atoms with E-state index in [4.69, 9.17) is 5.11 Å². The van der Waals surface area contributed by atoms with E-state index in [9.17, 15) is 9.59 Å². The number of aryl methyl sites for hydroxylation is 2. The van der Waals surface area contributed by atoms with Crippen molar-refractivity contribution in [3.63, 3.8) is 0 Å². The minimum Gasteiger partial charge on any atom is -0.481 e. The van der Waals surface area contributed by atoms with Crippen molar-refractivity contribution in [3.05, 3.63) is 53.1 Å². The average molecular weight is 345 g/mol. The molecular formula is C17H19N3O3S. The molecule has 0 saturated heterocycles. The summed E-state index contributed by atoms with van der Waals surface area (Å²) < 4.78 is 0. The molecule has 6 nitrogen and oxygen atoms in total. The van der Waals surface area contributed by atoms with Crippen LogP contribution in [0.2, 0.25) is 0 Å². The Kier molecular flexibility index (Phi) is 6.31. The highest BCUT2D eigenvalue weighted by atomic mass is 32.2. The number of thioether (sulfide) groups is 1. The van der Waals surface area contributed by atoms with Gasteiger partial charge in [0.2, 0.25) is 0 Å². The van der Waals surface area contributed by atoms with Crippen LogP contribution in [0.25, 0.3) is 0 Å². The first-order valence-corrected chi connectivity index (χ1v) is 8.61. The fourth-order valence-corrected chi connectivity index (χ4v) is 2.97.